The topological polar surface area (TPSA) is 58.8 Å². The van der Waals surface area contributed by atoms with E-state index in [2.05, 4.69) is 16.9 Å². The number of unbranched alkanes of at least 4 members (excludes halogenated alkanes) is 7. The van der Waals surface area contributed by atoms with E-state index in [1.807, 2.05) is 18.5 Å². The predicted molar refractivity (Wildman–Crippen MR) is 130 cm³/mol. The fourth-order valence-electron chi connectivity index (χ4n) is 4.65. The van der Waals surface area contributed by atoms with E-state index in [0.717, 1.165) is 37.9 Å². The van der Waals surface area contributed by atoms with Gasteiger partial charge in [-0.05, 0) is 62.1 Å². The van der Waals surface area contributed by atoms with Gasteiger partial charge in [0.05, 0.1) is 12.2 Å². The number of rotatable bonds is 13. The summed E-state index contributed by atoms with van der Waals surface area (Å²) in [6.07, 6.45) is 20.1. The van der Waals surface area contributed by atoms with E-state index in [9.17, 15) is 4.39 Å². The second kappa shape index (κ2) is 13.9. The van der Waals surface area contributed by atoms with E-state index in [1.54, 1.807) is 6.07 Å². The molecular formula is C28H38FN3O. The van der Waals surface area contributed by atoms with Crippen molar-refractivity contribution in [3.63, 3.8) is 0 Å². The second-order valence-corrected chi connectivity index (χ2v) is 9.46. The Labute approximate surface area is 198 Å². The maximum atomic E-state index is 13.7. The number of ether oxygens (including phenoxy) is 1. The van der Waals surface area contributed by atoms with Gasteiger partial charge in [0.15, 0.2) is 0 Å². The zero-order chi connectivity index (χ0) is 23.3. The van der Waals surface area contributed by atoms with Crippen LogP contribution in [0.2, 0.25) is 0 Å². The van der Waals surface area contributed by atoms with Crippen molar-refractivity contribution in [1.29, 1.82) is 5.26 Å². The SMILES string of the molecule is CCCCCCCCCCc1cnc([C@H]2CC[C@H](COc3ccc(C#N)c(F)c3)CC2)nc1. The van der Waals surface area contributed by atoms with Crippen molar-refractivity contribution in [2.45, 2.75) is 96.3 Å². The fraction of sp³-hybridized carbons (Fsp3) is 0.607. The Bertz CT molecular complexity index is 870. The van der Waals surface area contributed by atoms with Gasteiger partial charge in [-0.1, -0.05) is 51.9 Å². The normalized spacial score (nSPS) is 18.1. The summed E-state index contributed by atoms with van der Waals surface area (Å²) in [6, 6.07) is 6.26. The molecule has 1 fully saturated rings. The van der Waals surface area contributed by atoms with E-state index >= 15 is 0 Å². The maximum absolute atomic E-state index is 13.7. The maximum Gasteiger partial charge on any atom is 0.144 e. The molecule has 1 aromatic heterocycles. The number of aryl methyl sites for hydroxylation is 1. The van der Waals surface area contributed by atoms with Crippen LogP contribution in [0, 0.1) is 23.1 Å². The van der Waals surface area contributed by atoms with Crippen molar-refractivity contribution in [2.75, 3.05) is 6.61 Å². The Balaban J connectivity index is 1.32. The van der Waals surface area contributed by atoms with Gasteiger partial charge in [-0.15, -0.1) is 0 Å². The lowest BCUT2D eigenvalue weighted by Crippen LogP contribution is -2.20. The van der Waals surface area contributed by atoms with Crippen molar-refractivity contribution >= 4 is 0 Å². The molecule has 1 aliphatic rings. The largest absolute Gasteiger partial charge is 0.493 e. The molecule has 178 valence electrons. The first kappa shape index (κ1) is 25.1. The van der Waals surface area contributed by atoms with Gasteiger partial charge in [0, 0.05) is 24.4 Å². The number of nitriles is 1. The molecule has 0 atom stereocenters. The molecule has 0 saturated heterocycles. The first-order chi connectivity index (χ1) is 16.2. The predicted octanol–water partition coefficient (Wildman–Crippen LogP) is 7.52. The number of hydrogen-bond acceptors (Lipinski definition) is 4. The minimum absolute atomic E-state index is 0.0479. The lowest BCUT2D eigenvalue weighted by atomic mass is 9.82. The van der Waals surface area contributed by atoms with Gasteiger partial charge in [-0.25, -0.2) is 14.4 Å². The number of halogens is 1. The van der Waals surface area contributed by atoms with Gasteiger partial charge in [0.1, 0.15) is 23.5 Å². The van der Waals surface area contributed by atoms with Gasteiger partial charge in [0.2, 0.25) is 0 Å². The molecule has 1 aliphatic carbocycles. The molecule has 5 heteroatoms. The molecule has 0 amide bonds. The van der Waals surface area contributed by atoms with Crippen LogP contribution < -0.4 is 4.74 Å². The molecule has 33 heavy (non-hydrogen) atoms. The van der Waals surface area contributed by atoms with Crippen molar-refractivity contribution in [1.82, 2.24) is 9.97 Å². The third kappa shape index (κ3) is 8.42. The summed E-state index contributed by atoms with van der Waals surface area (Å²) < 4.78 is 19.5. The van der Waals surface area contributed by atoms with Crippen molar-refractivity contribution < 1.29 is 9.13 Å². The summed E-state index contributed by atoms with van der Waals surface area (Å²) in [5.41, 5.74) is 1.30. The summed E-state index contributed by atoms with van der Waals surface area (Å²) in [5, 5.41) is 8.82. The summed E-state index contributed by atoms with van der Waals surface area (Å²) in [5.74, 6) is 1.82. The molecule has 0 aliphatic heterocycles. The molecule has 1 aromatic carbocycles. The highest BCUT2D eigenvalue weighted by Crippen LogP contribution is 2.34. The number of hydrogen-bond donors (Lipinski definition) is 0. The van der Waals surface area contributed by atoms with Gasteiger partial charge in [-0.3, -0.25) is 0 Å². The monoisotopic (exact) mass is 451 g/mol. The van der Waals surface area contributed by atoms with E-state index in [1.165, 1.54) is 69.1 Å². The number of nitrogens with zero attached hydrogens (tertiary/aromatic N) is 3. The van der Waals surface area contributed by atoms with Gasteiger partial charge in [-0.2, -0.15) is 5.26 Å². The smallest absolute Gasteiger partial charge is 0.144 e. The summed E-state index contributed by atoms with van der Waals surface area (Å²) in [6.45, 7) is 2.84. The molecular weight excluding hydrogens is 413 g/mol. The number of benzene rings is 1. The lowest BCUT2D eigenvalue weighted by molar-refractivity contribution is 0.197. The Morgan fingerprint density at radius 2 is 1.64 bits per heavy atom. The lowest BCUT2D eigenvalue weighted by Gasteiger charge is -2.27. The molecule has 1 heterocycles. The molecule has 3 rings (SSSR count). The molecule has 0 unspecified atom stereocenters. The van der Waals surface area contributed by atoms with E-state index < -0.39 is 5.82 Å². The van der Waals surface area contributed by atoms with Crippen molar-refractivity contribution in [3.05, 3.63) is 53.4 Å². The molecule has 2 aromatic rings. The van der Waals surface area contributed by atoms with Crippen LogP contribution in [-0.4, -0.2) is 16.6 Å². The first-order valence-electron chi connectivity index (χ1n) is 12.8. The van der Waals surface area contributed by atoms with E-state index in [4.69, 9.17) is 10.00 Å². The summed E-state index contributed by atoms with van der Waals surface area (Å²) in [4.78, 5) is 9.37. The van der Waals surface area contributed by atoms with Crippen LogP contribution in [0.1, 0.15) is 107 Å². The zero-order valence-corrected chi connectivity index (χ0v) is 20.1. The standard InChI is InChI=1S/C28H38FN3O/c1-2-3-4-5-6-7-8-9-10-23-19-31-28(32-20-23)24-13-11-22(12-14-24)21-33-26-16-15-25(18-30)27(29)17-26/h15-17,19-20,22,24H,2-14,21H2,1H3/t22-,24-. The second-order valence-electron chi connectivity index (χ2n) is 9.46. The van der Waals surface area contributed by atoms with Crippen LogP contribution in [0.15, 0.2) is 30.6 Å². The van der Waals surface area contributed by atoms with Gasteiger partial charge in [0.25, 0.3) is 0 Å². The third-order valence-electron chi connectivity index (χ3n) is 6.80. The van der Waals surface area contributed by atoms with Crippen LogP contribution in [-0.2, 0) is 6.42 Å². The minimum atomic E-state index is -0.526. The number of aromatic nitrogens is 2. The fourth-order valence-corrected chi connectivity index (χ4v) is 4.65. The Morgan fingerprint density at radius 3 is 2.27 bits per heavy atom. The van der Waals surface area contributed by atoms with Crippen molar-refractivity contribution in [2.24, 2.45) is 5.92 Å². The quantitative estimate of drug-likeness (QED) is 0.295. The van der Waals surface area contributed by atoms with Crippen LogP contribution in [0.3, 0.4) is 0 Å². The third-order valence-corrected chi connectivity index (χ3v) is 6.80. The molecule has 0 bridgehead atoms. The molecule has 0 radical (unpaired) electrons. The first-order valence-corrected chi connectivity index (χ1v) is 12.8. The van der Waals surface area contributed by atoms with Crippen molar-refractivity contribution in [3.8, 4) is 11.8 Å². The van der Waals surface area contributed by atoms with E-state index in [0.29, 0.717) is 24.2 Å². The highest BCUT2D eigenvalue weighted by molar-refractivity contribution is 5.36. The minimum Gasteiger partial charge on any atom is -0.493 e. The van der Waals surface area contributed by atoms with Gasteiger partial charge >= 0.3 is 0 Å². The molecule has 0 N–H and O–H groups in total. The Kier molecular flexibility index (Phi) is 10.6. The average molecular weight is 452 g/mol. The Morgan fingerprint density at radius 1 is 0.970 bits per heavy atom. The average Bonchev–Trinajstić information content (AvgIpc) is 2.85. The van der Waals surface area contributed by atoms with Crippen LogP contribution in [0.25, 0.3) is 0 Å². The highest BCUT2D eigenvalue weighted by Gasteiger charge is 2.24. The highest BCUT2D eigenvalue weighted by atomic mass is 19.1. The summed E-state index contributed by atoms with van der Waals surface area (Å²) >= 11 is 0. The van der Waals surface area contributed by atoms with Crippen LogP contribution >= 0.6 is 0 Å². The molecule has 1 saturated carbocycles. The van der Waals surface area contributed by atoms with Crippen LogP contribution in [0.4, 0.5) is 4.39 Å². The van der Waals surface area contributed by atoms with Gasteiger partial charge < -0.3 is 4.74 Å². The van der Waals surface area contributed by atoms with E-state index in [-0.39, 0.29) is 5.56 Å². The summed E-state index contributed by atoms with van der Waals surface area (Å²) in [7, 11) is 0. The van der Waals surface area contributed by atoms with Crippen LogP contribution in [0.5, 0.6) is 5.75 Å². The Hall–Kier alpha value is -2.48. The zero-order valence-electron chi connectivity index (χ0n) is 20.1. The molecule has 4 nitrogen and oxygen atoms in total. The molecule has 0 spiro atoms.